The van der Waals surface area contributed by atoms with Crippen LogP contribution in [0.4, 0.5) is 0 Å². The van der Waals surface area contributed by atoms with Crippen LogP contribution in [-0.4, -0.2) is 22.1 Å². The van der Waals surface area contributed by atoms with E-state index >= 15 is 0 Å². The van der Waals surface area contributed by atoms with Crippen molar-refractivity contribution >= 4 is 33.1 Å². The maximum Gasteiger partial charge on any atom is 0.127 e. The fraction of sp³-hybridized carbons (Fsp3) is 0.0909. The van der Waals surface area contributed by atoms with Crippen LogP contribution >= 0.6 is 11.3 Å². The highest BCUT2D eigenvalue weighted by molar-refractivity contribution is 7.08. The topological polar surface area (TPSA) is 50.8 Å². The number of methoxy groups -OCH3 is 1. The highest BCUT2D eigenvalue weighted by Gasteiger charge is 2.18. The first-order valence-corrected chi connectivity index (χ1v) is 9.62. The molecule has 0 atom stereocenters. The Hall–Kier alpha value is -3.18. The van der Waals surface area contributed by atoms with E-state index in [9.17, 15) is 0 Å². The third-order valence-electron chi connectivity index (χ3n) is 4.91. The monoisotopic (exact) mass is 371 g/mol. The number of aromatic nitrogens is 3. The van der Waals surface area contributed by atoms with E-state index < -0.39 is 0 Å². The van der Waals surface area contributed by atoms with Crippen molar-refractivity contribution in [3.05, 3.63) is 65.2 Å². The Morgan fingerprint density at radius 2 is 2.00 bits per heavy atom. The van der Waals surface area contributed by atoms with Gasteiger partial charge in [-0.05, 0) is 59.1 Å². The summed E-state index contributed by atoms with van der Waals surface area (Å²) in [5.74, 6) is 0.879. The molecule has 0 amide bonds. The van der Waals surface area contributed by atoms with Crippen LogP contribution < -0.4 is 4.74 Å². The molecule has 5 rings (SSSR count). The lowest BCUT2D eigenvalue weighted by Crippen LogP contribution is -1.89. The highest BCUT2D eigenvalue weighted by Crippen LogP contribution is 2.43. The van der Waals surface area contributed by atoms with Crippen molar-refractivity contribution in [1.29, 1.82) is 0 Å². The van der Waals surface area contributed by atoms with Gasteiger partial charge in [-0.25, -0.2) is 0 Å². The van der Waals surface area contributed by atoms with E-state index in [0.717, 1.165) is 39.0 Å². The van der Waals surface area contributed by atoms with Gasteiger partial charge in [-0.15, -0.1) is 0 Å². The van der Waals surface area contributed by atoms with Crippen molar-refractivity contribution in [3.63, 3.8) is 0 Å². The van der Waals surface area contributed by atoms with Crippen molar-refractivity contribution in [2.75, 3.05) is 7.11 Å². The summed E-state index contributed by atoms with van der Waals surface area (Å²) in [5, 5.41) is 6.66. The maximum absolute atomic E-state index is 5.73. The SMILES string of the molecule is COc1ccc2[nH]c3cnc(-c4cccnc4)cc3c2c1-c1cscc1C. The molecule has 0 unspecified atom stereocenters. The molecular weight excluding hydrogens is 354 g/mol. The molecule has 0 spiro atoms. The summed E-state index contributed by atoms with van der Waals surface area (Å²) < 4.78 is 5.73. The molecular formula is C22H17N3OS. The second-order valence-electron chi connectivity index (χ2n) is 6.52. The Kier molecular flexibility index (Phi) is 3.69. The molecule has 27 heavy (non-hydrogen) atoms. The summed E-state index contributed by atoms with van der Waals surface area (Å²) in [6.07, 6.45) is 5.51. The summed E-state index contributed by atoms with van der Waals surface area (Å²) in [6.45, 7) is 2.14. The minimum absolute atomic E-state index is 0.879. The second kappa shape index (κ2) is 6.21. The van der Waals surface area contributed by atoms with Crippen LogP contribution in [0.2, 0.25) is 0 Å². The van der Waals surface area contributed by atoms with E-state index in [1.54, 1.807) is 24.6 Å². The van der Waals surface area contributed by atoms with Gasteiger partial charge < -0.3 is 9.72 Å². The Labute approximate surface area is 160 Å². The lowest BCUT2D eigenvalue weighted by molar-refractivity contribution is 0.417. The molecule has 1 aromatic carbocycles. The standard InChI is InChI=1S/C22H17N3OS/c1-13-11-27-12-16(13)22-20(26-2)6-5-17-21(22)15-8-18(24-10-19(15)25-17)14-4-3-7-23-9-14/h3-12,25H,1-2H3. The quantitative estimate of drug-likeness (QED) is 0.434. The molecule has 132 valence electrons. The lowest BCUT2D eigenvalue weighted by atomic mass is 9.98. The first-order valence-electron chi connectivity index (χ1n) is 8.68. The Balaban J connectivity index is 1.88. The van der Waals surface area contributed by atoms with Crippen molar-refractivity contribution < 1.29 is 4.74 Å². The van der Waals surface area contributed by atoms with Gasteiger partial charge in [0.1, 0.15) is 5.75 Å². The van der Waals surface area contributed by atoms with Crippen LogP contribution in [0.1, 0.15) is 5.56 Å². The normalized spacial score (nSPS) is 11.3. The van der Waals surface area contributed by atoms with Gasteiger partial charge in [0.2, 0.25) is 0 Å². The van der Waals surface area contributed by atoms with E-state index in [0.29, 0.717) is 0 Å². The molecule has 0 fully saturated rings. The zero-order valence-corrected chi connectivity index (χ0v) is 15.8. The summed E-state index contributed by atoms with van der Waals surface area (Å²) in [6, 6.07) is 10.2. The molecule has 0 radical (unpaired) electrons. The highest BCUT2D eigenvalue weighted by atomic mass is 32.1. The predicted molar refractivity (Wildman–Crippen MR) is 111 cm³/mol. The number of thiophene rings is 1. The van der Waals surface area contributed by atoms with Crippen LogP contribution in [0, 0.1) is 6.92 Å². The van der Waals surface area contributed by atoms with Gasteiger partial charge in [-0.2, -0.15) is 11.3 Å². The number of H-pyrrole nitrogens is 1. The fourth-order valence-corrected chi connectivity index (χ4v) is 4.44. The van der Waals surface area contributed by atoms with Crippen LogP contribution in [0.15, 0.2) is 59.7 Å². The number of hydrogen-bond donors (Lipinski definition) is 1. The van der Waals surface area contributed by atoms with Crippen molar-refractivity contribution in [3.8, 4) is 28.1 Å². The number of nitrogens with zero attached hydrogens (tertiary/aromatic N) is 2. The van der Waals surface area contributed by atoms with E-state index in [1.807, 2.05) is 30.6 Å². The molecule has 5 heteroatoms. The van der Waals surface area contributed by atoms with E-state index in [-0.39, 0.29) is 0 Å². The minimum Gasteiger partial charge on any atom is -0.496 e. The van der Waals surface area contributed by atoms with Crippen molar-refractivity contribution in [1.82, 2.24) is 15.0 Å². The Morgan fingerprint density at radius 1 is 1.07 bits per heavy atom. The summed E-state index contributed by atoms with van der Waals surface area (Å²) in [4.78, 5) is 12.3. The number of pyridine rings is 2. The van der Waals surface area contributed by atoms with Gasteiger partial charge in [0.25, 0.3) is 0 Å². The molecule has 4 aromatic heterocycles. The number of hydrogen-bond acceptors (Lipinski definition) is 4. The lowest BCUT2D eigenvalue weighted by Gasteiger charge is -2.11. The van der Waals surface area contributed by atoms with Gasteiger partial charge >= 0.3 is 0 Å². The van der Waals surface area contributed by atoms with Crippen molar-refractivity contribution in [2.45, 2.75) is 6.92 Å². The van der Waals surface area contributed by atoms with Gasteiger partial charge in [-0.3, -0.25) is 9.97 Å². The number of rotatable bonds is 3. The summed E-state index contributed by atoms with van der Waals surface area (Å²) >= 11 is 1.71. The van der Waals surface area contributed by atoms with Gasteiger partial charge in [-0.1, -0.05) is 0 Å². The predicted octanol–water partition coefficient (Wildman–Crippen LogP) is 5.82. The Bertz CT molecular complexity index is 1270. The Morgan fingerprint density at radius 3 is 2.74 bits per heavy atom. The third kappa shape index (κ3) is 2.51. The van der Waals surface area contributed by atoms with Crippen LogP contribution in [0.25, 0.3) is 44.2 Å². The third-order valence-corrected chi connectivity index (χ3v) is 5.77. The summed E-state index contributed by atoms with van der Waals surface area (Å²) in [7, 11) is 1.73. The minimum atomic E-state index is 0.879. The van der Waals surface area contributed by atoms with Gasteiger partial charge in [0, 0.05) is 39.8 Å². The molecule has 4 heterocycles. The largest absolute Gasteiger partial charge is 0.496 e. The molecule has 0 aliphatic heterocycles. The smallest absolute Gasteiger partial charge is 0.127 e. The second-order valence-corrected chi connectivity index (χ2v) is 7.26. The number of fused-ring (bicyclic) bond motifs is 3. The molecule has 4 nitrogen and oxygen atoms in total. The number of aryl methyl sites for hydroxylation is 1. The number of nitrogens with one attached hydrogen (secondary N) is 1. The number of aromatic amines is 1. The summed E-state index contributed by atoms with van der Waals surface area (Å²) in [5.41, 5.74) is 7.60. The molecule has 0 aliphatic rings. The maximum atomic E-state index is 5.73. The first-order chi connectivity index (χ1) is 13.3. The van der Waals surface area contributed by atoms with E-state index in [4.69, 9.17) is 4.74 Å². The van der Waals surface area contributed by atoms with Crippen LogP contribution in [-0.2, 0) is 0 Å². The fourth-order valence-electron chi connectivity index (χ4n) is 3.60. The van der Waals surface area contributed by atoms with E-state index in [2.05, 4.69) is 44.8 Å². The number of ether oxygens (including phenoxy) is 1. The molecule has 0 aliphatic carbocycles. The van der Waals surface area contributed by atoms with Crippen molar-refractivity contribution in [2.24, 2.45) is 0 Å². The first kappa shape index (κ1) is 16.0. The molecule has 0 saturated carbocycles. The van der Waals surface area contributed by atoms with Crippen LogP contribution in [0.3, 0.4) is 0 Å². The van der Waals surface area contributed by atoms with E-state index in [1.165, 1.54) is 16.5 Å². The number of benzene rings is 1. The molecule has 0 bridgehead atoms. The molecule has 5 aromatic rings. The molecule has 0 saturated heterocycles. The van der Waals surface area contributed by atoms with Gasteiger partial charge in [0.15, 0.2) is 0 Å². The zero-order valence-electron chi connectivity index (χ0n) is 15.0. The average Bonchev–Trinajstić information content (AvgIpc) is 3.30. The zero-order chi connectivity index (χ0) is 18.4. The van der Waals surface area contributed by atoms with Gasteiger partial charge in [0.05, 0.1) is 24.5 Å². The van der Waals surface area contributed by atoms with Crippen LogP contribution in [0.5, 0.6) is 5.75 Å². The average molecular weight is 371 g/mol. The molecule has 1 N–H and O–H groups in total.